The van der Waals surface area contributed by atoms with Crippen LogP contribution >= 0.6 is 0 Å². The quantitative estimate of drug-likeness (QED) is 0.660. The molecule has 96 valence electrons. The van der Waals surface area contributed by atoms with Gasteiger partial charge in [0.05, 0.1) is 11.3 Å². The number of rotatable bonds is 2. The zero-order valence-corrected chi connectivity index (χ0v) is 11.1. The molecular weight excluding hydrogens is 240 g/mol. The average Bonchev–Trinajstić information content (AvgIpc) is 2.93. The lowest BCUT2D eigenvalue weighted by Gasteiger charge is -1.94. The molecule has 4 nitrogen and oxygen atoms in total. The van der Waals surface area contributed by atoms with Crippen molar-refractivity contribution in [1.82, 2.24) is 9.78 Å². The molecule has 2 heterocycles. The van der Waals surface area contributed by atoms with Gasteiger partial charge in [0.15, 0.2) is 5.76 Å². The molecule has 3 rings (SSSR count). The van der Waals surface area contributed by atoms with Gasteiger partial charge in [0.25, 0.3) is 0 Å². The predicted molar refractivity (Wildman–Crippen MR) is 72.3 cm³/mol. The number of aromatic nitrogens is 2. The molecule has 0 atom stereocenters. The Morgan fingerprint density at radius 3 is 2.74 bits per heavy atom. The molecule has 0 fully saturated rings. The van der Waals surface area contributed by atoms with Crippen molar-refractivity contribution in [3.63, 3.8) is 0 Å². The Kier molecular flexibility index (Phi) is 2.52. The molecule has 0 saturated carbocycles. The largest absolute Gasteiger partial charge is 0.452 e. The molecule has 0 radical (unpaired) electrons. The lowest BCUT2D eigenvalue weighted by molar-refractivity contribution is 0.101. The number of benzene rings is 1. The van der Waals surface area contributed by atoms with Crippen LogP contribution in [0, 0.1) is 13.8 Å². The second-order valence-corrected chi connectivity index (χ2v) is 4.73. The second-order valence-electron chi connectivity index (χ2n) is 4.73. The van der Waals surface area contributed by atoms with Crippen LogP contribution in [-0.4, -0.2) is 15.6 Å². The van der Waals surface area contributed by atoms with Crippen molar-refractivity contribution in [2.45, 2.75) is 13.8 Å². The van der Waals surface area contributed by atoms with E-state index in [9.17, 15) is 4.79 Å². The van der Waals surface area contributed by atoms with Gasteiger partial charge >= 0.3 is 0 Å². The van der Waals surface area contributed by atoms with Crippen LogP contribution < -0.4 is 0 Å². The molecular formula is C15H14N2O2. The molecule has 2 aromatic heterocycles. The average molecular weight is 254 g/mol. The number of carbonyl (C=O) groups is 1. The molecule has 0 aliphatic carbocycles. The fourth-order valence-corrected chi connectivity index (χ4v) is 2.28. The normalized spacial score (nSPS) is 11.1. The van der Waals surface area contributed by atoms with Gasteiger partial charge in [0, 0.05) is 18.6 Å². The van der Waals surface area contributed by atoms with E-state index in [0.29, 0.717) is 17.0 Å². The maximum atomic E-state index is 12.4. The maximum Gasteiger partial charge on any atom is 0.231 e. The number of carbonyl (C=O) groups excluding carboxylic acids is 1. The summed E-state index contributed by atoms with van der Waals surface area (Å²) in [7, 11) is 1.80. The smallest absolute Gasteiger partial charge is 0.231 e. The van der Waals surface area contributed by atoms with Crippen LogP contribution in [0.2, 0.25) is 0 Å². The van der Waals surface area contributed by atoms with Crippen LogP contribution in [0.3, 0.4) is 0 Å². The fourth-order valence-electron chi connectivity index (χ4n) is 2.28. The van der Waals surface area contributed by atoms with E-state index in [1.165, 1.54) is 0 Å². The lowest BCUT2D eigenvalue weighted by Crippen LogP contribution is -1.99. The summed E-state index contributed by atoms with van der Waals surface area (Å²) in [5.41, 5.74) is 3.09. The molecule has 1 aromatic carbocycles. The maximum absolute atomic E-state index is 12.4. The molecule has 3 aromatic rings. The van der Waals surface area contributed by atoms with Gasteiger partial charge in [-0.3, -0.25) is 9.48 Å². The van der Waals surface area contributed by atoms with Gasteiger partial charge in [-0.05, 0) is 25.5 Å². The van der Waals surface area contributed by atoms with E-state index in [4.69, 9.17) is 4.42 Å². The number of fused-ring (bicyclic) bond motifs is 1. The van der Waals surface area contributed by atoms with Crippen molar-refractivity contribution in [3.05, 3.63) is 53.0 Å². The minimum Gasteiger partial charge on any atom is -0.452 e. The van der Waals surface area contributed by atoms with Crippen molar-refractivity contribution in [2.24, 2.45) is 7.05 Å². The summed E-state index contributed by atoms with van der Waals surface area (Å²) in [5.74, 6) is 0.238. The molecule has 0 saturated heterocycles. The Hall–Kier alpha value is -2.36. The molecule has 0 aliphatic rings. The van der Waals surface area contributed by atoms with E-state index in [1.807, 2.05) is 32.0 Å². The first-order chi connectivity index (χ1) is 9.06. The van der Waals surface area contributed by atoms with Crippen LogP contribution in [0.15, 0.2) is 34.9 Å². The number of ketones is 1. The highest BCUT2D eigenvalue weighted by Crippen LogP contribution is 2.24. The van der Waals surface area contributed by atoms with Gasteiger partial charge in [-0.1, -0.05) is 18.2 Å². The van der Waals surface area contributed by atoms with Crippen LogP contribution in [0.25, 0.3) is 11.0 Å². The van der Waals surface area contributed by atoms with Crippen LogP contribution in [0.1, 0.15) is 27.4 Å². The third kappa shape index (κ3) is 1.85. The van der Waals surface area contributed by atoms with Crippen molar-refractivity contribution in [3.8, 4) is 0 Å². The first-order valence-corrected chi connectivity index (χ1v) is 6.10. The standard InChI is InChI=1S/C15H14N2O2/c1-9-5-4-6-11-7-13(19-15(9)11)14(18)12-8-17(3)16-10(12)2/h4-8H,1-3H3. The van der Waals surface area contributed by atoms with Crippen LogP contribution in [-0.2, 0) is 7.05 Å². The monoisotopic (exact) mass is 254 g/mol. The highest BCUT2D eigenvalue weighted by atomic mass is 16.3. The Balaban J connectivity index is 2.12. The van der Waals surface area contributed by atoms with E-state index in [1.54, 1.807) is 24.0 Å². The summed E-state index contributed by atoms with van der Waals surface area (Å²) in [5, 5.41) is 5.13. The summed E-state index contributed by atoms with van der Waals surface area (Å²) < 4.78 is 7.33. The van der Waals surface area contributed by atoms with Gasteiger partial charge in [-0.15, -0.1) is 0 Å². The van der Waals surface area contributed by atoms with Crippen molar-refractivity contribution in [2.75, 3.05) is 0 Å². The number of nitrogens with zero attached hydrogens (tertiary/aromatic N) is 2. The highest BCUT2D eigenvalue weighted by Gasteiger charge is 2.19. The lowest BCUT2D eigenvalue weighted by atomic mass is 10.1. The SMILES string of the molecule is Cc1nn(C)cc1C(=O)c1cc2cccc(C)c2o1. The summed E-state index contributed by atoms with van der Waals surface area (Å²) >= 11 is 0. The van der Waals surface area contributed by atoms with E-state index >= 15 is 0 Å². The fraction of sp³-hybridized carbons (Fsp3) is 0.200. The van der Waals surface area contributed by atoms with E-state index in [-0.39, 0.29) is 5.78 Å². The van der Waals surface area contributed by atoms with Gasteiger partial charge in [0.2, 0.25) is 5.78 Å². The Morgan fingerprint density at radius 2 is 2.11 bits per heavy atom. The topological polar surface area (TPSA) is 48.0 Å². The third-order valence-electron chi connectivity index (χ3n) is 3.22. The number of furan rings is 1. The number of hydrogen-bond acceptors (Lipinski definition) is 3. The first kappa shape index (κ1) is 11.7. The number of para-hydroxylation sites is 1. The zero-order chi connectivity index (χ0) is 13.6. The molecule has 0 unspecified atom stereocenters. The van der Waals surface area contributed by atoms with Gasteiger partial charge < -0.3 is 4.42 Å². The summed E-state index contributed by atoms with van der Waals surface area (Å²) in [4.78, 5) is 12.4. The predicted octanol–water partition coefficient (Wildman–Crippen LogP) is 3.01. The van der Waals surface area contributed by atoms with E-state index in [0.717, 1.165) is 16.5 Å². The highest BCUT2D eigenvalue weighted by molar-refractivity contribution is 6.09. The minimum absolute atomic E-state index is 0.124. The Morgan fingerprint density at radius 1 is 1.32 bits per heavy atom. The molecule has 19 heavy (non-hydrogen) atoms. The first-order valence-electron chi connectivity index (χ1n) is 6.10. The number of hydrogen-bond donors (Lipinski definition) is 0. The second kappa shape index (κ2) is 4.09. The van der Waals surface area contributed by atoms with Crippen LogP contribution in [0.4, 0.5) is 0 Å². The molecule has 0 aliphatic heterocycles. The van der Waals surface area contributed by atoms with Crippen molar-refractivity contribution >= 4 is 16.8 Å². The summed E-state index contributed by atoms with van der Waals surface area (Å²) in [6.45, 7) is 3.79. The number of aryl methyl sites for hydroxylation is 3. The zero-order valence-electron chi connectivity index (χ0n) is 11.1. The van der Waals surface area contributed by atoms with Gasteiger partial charge in [-0.25, -0.2) is 0 Å². The molecule has 0 amide bonds. The van der Waals surface area contributed by atoms with Crippen molar-refractivity contribution < 1.29 is 9.21 Å². The van der Waals surface area contributed by atoms with E-state index < -0.39 is 0 Å². The van der Waals surface area contributed by atoms with E-state index in [2.05, 4.69) is 5.10 Å². The minimum atomic E-state index is -0.124. The van der Waals surface area contributed by atoms with Gasteiger partial charge in [0.1, 0.15) is 5.58 Å². The Bertz CT molecular complexity index is 781. The van der Waals surface area contributed by atoms with Crippen LogP contribution in [0.5, 0.6) is 0 Å². The summed E-state index contributed by atoms with van der Waals surface area (Å²) in [6, 6.07) is 7.65. The Labute approximate surface area is 110 Å². The molecule has 4 heteroatoms. The molecule has 0 N–H and O–H groups in total. The summed E-state index contributed by atoms with van der Waals surface area (Å²) in [6.07, 6.45) is 1.72. The molecule has 0 spiro atoms. The van der Waals surface area contributed by atoms with Crippen molar-refractivity contribution in [1.29, 1.82) is 0 Å². The third-order valence-corrected chi connectivity index (χ3v) is 3.22. The molecule has 0 bridgehead atoms. The van der Waals surface area contributed by atoms with Gasteiger partial charge in [-0.2, -0.15) is 5.10 Å².